The summed E-state index contributed by atoms with van der Waals surface area (Å²) in [5.41, 5.74) is 1.22. The molecule has 1 aliphatic carbocycles. The van der Waals surface area contributed by atoms with E-state index in [1.165, 1.54) is 24.8 Å². The van der Waals surface area contributed by atoms with Crippen LogP contribution in [0.3, 0.4) is 0 Å². The molecule has 0 unspecified atom stereocenters. The highest BCUT2D eigenvalue weighted by molar-refractivity contribution is 5.12. The first-order valence-corrected chi connectivity index (χ1v) is 7.11. The van der Waals surface area contributed by atoms with Crippen LogP contribution in [0.4, 0.5) is 0 Å². The number of rotatable bonds is 9. The Labute approximate surface area is 110 Å². The van der Waals surface area contributed by atoms with E-state index in [0.29, 0.717) is 6.61 Å². The fraction of sp³-hybridized carbons (Fsp3) is 0.733. The summed E-state index contributed by atoms with van der Waals surface area (Å²) in [6, 6.07) is 2.84. The summed E-state index contributed by atoms with van der Waals surface area (Å²) in [5.74, 6) is 1.70. The lowest BCUT2D eigenvalue weighted by molar-refractivity contribution is 0.101. The molecule has 0 bridgehead atoms. The monoisotopic (exact) mass is 251 g/mol. The largest absolute Gasteiger partial charge is 0.467 e. The van der Waals surface area contributed by atoms with Gasteiger partial charge in [-0.05, 0) is 37.7 Å². The number of ether oxygens (including phenoxy) is 1. The maximum atomic E-state index is 5.61. The molecule has 18 heavy (non-hydrogen) atoms. The fourth-order valence-corrected chi connectivity index (χ4v) is 1.91. The zero-order valence-electron chi connectivity index (χ0n) is 11.6. The Morgan fingerprint density at radius 3 is 3.00 bits per heavy atom. The summed E-state index contributed by atoms with van der Waals surface area (Å²) in [4.78, 5) is 0. The van der Waals surface area contributed by atoms with E-state index in [-0.39, 0.29) is 0 Å². The second kappa shape index (κ2) is 6.95. The van der Waals surface area contributed by atoms with Crippen molar-refractivity contribution in [1.29, 1.82) is 0 Å². The predicted molar refractivity (Wildman–Crippen MR) is 72.3 cm³/mol. The summed E-state index contributed by atoms with van der Waals surface area (Å²) in [6.07, 6.45) is 6.85. The maximum Gasteiger partial charge on any atom is 0.129 e. The van der Waals surface area contributed by atoms with Gasteiger partial charge in [-0.15, -0.1) is 0 Å². The van der Waals surface area contributed by atoms with Gasteiger partial charge < -0.3 is 14.5 Å². The highest BCUT2D eigenvalue weighted by Gasteiger charge is 2.20. The summed E-state index contributed by atoms with van der Waals surface area (Å²) in [6.45, 7) is 6.83. The van der Waals surface area contributed by atoms with E-state index in [2.05, 4.69) is 25.2 Å². The van der Waals surface area contributed by atoms with Crippen molar-refractivity contribution in [2.75, 3.05) is 6.61 Å². The molecule has 3 heteroatoms. The Hall–Kier alpha value is -0.800. The van der Waals surface area contributed by atoms with E-state index in [9.17, 15) is 0 Å². The Morgan fingerprint density at radius 1 is 1.44 bits per heavy atom. The molecule has 3 nitrogen and oxygen atoms in total. The lowest BCUT2D eigenvalue weighted by Crippen LogP contribution is -2.14. The topological polar surface area (TPSA) is 34.4 Å². The van der Waals surface area contributed by atoms with Gasteiger partial charge >= 0.3 is 0 Å². The zero-order valence-corrected chi connectivity index (χ0v) is 11.6. The van der Waals surface area contributed by atoms with Crippen molar-refractivity contribution < 1.29 is 9.15 Å². The standard InChI is InChI=1S/C15H25NO2/c1-12(2)4-3-7-17-11-15-8-13(10-18-15)9-16-14-5-6-14/h8,10,12,14,16H,3-7,9,11H2,1-2H3. The molecular weight excluding hydrogens is 226 g/mol. The number of nitrogens with one attached hydrogen (secondary N) is 1. The first kappa shape index (κ1) is 13.6. The van der Waals surface area contributed by atoms with E-state index in [4.69, 9.17) is 9.15 Å². The molecule has 2 rings (SSSR count). The summed E-state index contributed by atoms with van der Waals surface area (Å²) in [7, 11) is 0. The minimum atomic E-state index is 0.599. The molecular formula is C15H25NO2. The molecule has 1 aromatic rings. The average molecular weight is 251 g/mol. The Morgan fingerprint density at radius 2 is 2.28 bits per heavy atom. The number of hydrogen-bond acceptors (Lipinski definition) is 3. The highest BCUT2D eigenvalue weighted by atomic mass is 16.5. The van der Waals surface area contributed by atoms with E-state index in [0.717, 1.165) is 37.3 Å². The van der Waals surface area contributed by atoms with Gasteiger partial charge in [0.1, 0.15) is 12.4 Å². The first-order chi connectivity index (χ1) is 8.74. The fourth-order valence-electron chi connectivity index (χ4n) is 1.91. The normalized spacial score (nSPS) is 15.5. The minimum absolute atomic E-state index is 0.599. The Balaban J connectivity index is 1.57. The van der Waals surface area contributed by atoms with Crippen LogP contribution in [-0.4, -0.2) is 12.6 Å². The van der Waals surface area contributed by atoms with Crippen LogP contribution >= 0.6 is 0 Å². The van der Waals surface area contributed by atoms with Crippen molar-refractivity contribution in [2.24, 2.45) is 5.92 Å². The Bertz CT molecular complexity index is 342. The van der Waals surface area contributed by atoms with Crippen LogP contribution in [0.25, 0.3) is 0 Å². The van der Waals surface area contributed by atoms with Crippen LogP contribution < -0.4 is 5.32 Å². The Kier molecular flexibility index (Phi) is 5.26. The van der Waals surface area contributed by atoms with Gasteiger partial charge in [0, 0.05) is 24.8 Å². The van der Waals surface area contributed by atoms with Crippen molar-refractivity contribution in [2.45, 2.75) is 58.7 Å². The van der Waals surface area contributed by atoms with Gasteiger partial charge in [0.15, 0.2) is 0 Å². The van der Waals surface area contributed by atoms with Crippen molar-refractivity contribution in [3.63, 3.8) is 0 Å². The predicted octanol–water partition coefficient (Wildman–Crippen LogP) is 3.48. The van der Waals surface area contributed by atoms with Crippen LogP contribution in [0.2, 0.25) is 0 Å². The molecule has 0 aliphatic heterocycles. The van der Waals surface area contributed by atoms with Crippen LogP contribution in [0.5, 0.6) is 0 Å². The minimum Gasteiger partial charge on any atom is -0.467 e. The highest BCUT2D eigenvalue weighted by Crippen LogP contribution is 2.19. The van der Waals surface area contributed by atoms with Crippen molar-refractivity contribution in [3.8, 4) is 0 Å². The van der Waals surface area contributed by atoms with Crippen LogP contribution in [0, 0.1) is 5.92 Å². The molecule has 102 valence electrons. The molecule has 1 aromatic heterocycles. The second-order valence-corrected chi connectivity index (χ2v) is 5.67. The van der Waals surface area contributed by atoms with Gasteiger partial charge in [-0.2, -0.15) is 0 Å². The van der Waals surface area contributed by atoms with E-state index in [1.54, 1.807) is 0 Å². The number of hydrogen-bond donors (Lipinski definition) is 1. The molecule has 0 amide bonds. The molecule has 0 aromatic carbocycles. The zero-order chi connectivity index (χ0) is 12.8. The van der Waals surface area contributed by atoms with E-state index in [1.807, 2.05) is 6.26 Å². The summed E-state index contributed by atoms with van der Waals surface area (Å²) >= 11 is 0. The molecule has 1 aliphatic rings. The van der Waals surface area contributed by atoms with E-state index < -0.39 is 0 Å². The van der Waals surface area contributed by atoms with Gasteiger partial charge in [0.2, 0.25) is 0 Å². The summed E-state index contributed by atoms with van der Waals surface area (Å²) < 4.78 is 11.1. The van der Waals surface area contributed by atoms with Crippen molar-refractivity contribution >= 4 is 0 Å². The van der Waals surface area contributed by atoms with Gasteiger partial charge in [-0.1, -0.05) is 13.8 Å². The number of furan rings is 1. The average Bonchev–Trinajstić information content (AvgIpc) is 3.06. The molecule has 0 radical (unpaired) electrons. The van der Waals surface area contributed by atoms with Gasteiger partial charge in [0.05, 0.1) is 6.26 Å². The second-order valence-electron chi connectivity index (χ2n) is 5.67. The lowest BCUT2D eigenvalue weighted by atomic mass is 10.1. The third-order valence-electron chi connectivity index (χ3n) is 3.19. The first-order valence-electron chi connectivity index (χ1n) is 7.11. The van der Waals surface area contributed by atoms with Gasteiger partial charge in [-0.3, -0.25) is 0 Å². The molecule has 0 spiro atoms. The van der Waals surface area contributed by atoms with Gasteiger partial charge in [-0.25, -0.2) is 0 Å². The summed E-state index contributed by atoms with van der Waals surface area (Å²) in [5, 5.41) is 3.47. The van der Waals surface area contributed by atoms with Gasteiger partial charge in [0.25, 0.3) is 0 Å². The molecule has 1 saturated carbocycles. The molecule has 1 fully saturated rings. The van der Waals surface area contributed by atoms with Crippen LogP contribution in [0.15, 0.2) is 16.7 Å². The van der Waals surface area contributed by atoms with Crippen LogP contribution in [0.1, 0.15) is 50.9 Å². The molecule has 0 atom stereocenters. The third kappa shape index (κ3) is 5.23. The quantitative estimate of drug-likeness (QED) is 0.682. The van der Waals surface area contributed by atoms with E-state index >= 15 is 0 Å². The maximum absolute atomic E-state index is 5.61. The molecule has 1 N–H and O–H groups in total. The van der Waals surface area contributed by atoms with Crippen LogP contribution in [-0.2, 0) is 17.9 Å². The SMILES string of the molecule is CC(C)CCCOCc1cc(CNC2CC2)co1. The van der Waals surface area contributed by atoms with Crippen molar-refractivity contribution in [3.05, 3.63) is 23.7 Å². The lowest BCUT2D eigenvalue weighted by Gasteiger charge is -2.04. The molecule has 0 saturated heterocycles. The third-order valence-corrected chi connectivity index (χ3v) is 3.19. The molecule has 1 heterocycles. The smallest absolute Gasteiger partial charge is 0.129 e. The van der Waals surface area contributed by atoms with Crippen molar-refractivity contribution in [1.82, 2.24) is 5.32 Å².